The van der Waals surface area contributed by atoms with Crippen LogP contribution in [0.2, 0.25) is 0 Å². The van der Waals surface area contributed by atoms with Crippen LogP contribution < -0.4 is 4.90 Å². The first-order valence-corrected chi connectivity index (χ1v) is 20.6. The molecule has 0 amide bonds. The summed E-state index contributed by atoms with van der Waals surface area (Å²) in [6.07, 6.45) is 0. The van der Waals surface area contributed by atoms with E-state index in [0.29, 0.717) is 0 Å². The zero-order chi connectivity index (χ0) is 39.2. The maximum absolute atomic E-state index is 2.55. The van der Waals surface area contributed by atoms with Crippen molar-refractivity contribution in [1.29, 1.82) is 0 Å². The topological polar surface area (TPSA) is 8.17 Å². The maximum Gasteiger partial charge on any atom is 0.0782 e. The van der Waals surface area contributed by atoms with Gasteiger partial charge in [-0.05, 0) is 115 Å². The molecule has 2 nitrogen and oxygen atoms in total. The summed E-state index contributed by atoms with van der Waals surface area (Å²) in [6, 6.07) is 76.4. The van der Waals surface area contributed by atoms with E-state index in [9.17, 15) is 0 Å². The minimum atomic E-state index is -0.144. The summed E-state index contributed by atoms with van der Waals surface area (Å²) in [5.41, 5.74) is 14.5. The van der Waals surface area contributed by atoms with E-state index in [-0.39, 0.29) is 5.41 Å². The number of aromatic nitrogens is 1. The molecule has 0 radical (unpaired) electrons. The van der Waals surface area contributed by atoms with Gasteiger partial charge in [-0.3, -0.25) is 0 Å². The van der Waals surface area contributed by atoms with Gasteiger partial charge < -0.3 is 9.47 Å². The van der Waals surface area contributed by atoms with Crippen LogP contribution in [0.4, 0.5) is 17.1 Å². The van der Waals surface area contributed by atoms with Crippen LogP contribution in [0.1, 0.15) is 25.0 Å². The van der Waals surface area contributed by atoms with Crippen molar-refractivity contribution < 1.29 is 0 Å². The van der Waals surface area contributed by atoms with Crippen LogP contribution in [0, 0.1) is 0 Å². The monoisotopic (exact) mass is 752 g/mol. The normalized spacial score (nSPS) is 13.1. The number of benzene rings is 10. The molecule has 0 aliphatic heterocycles. The fourth-order valence-electron chi connectivity index (χ4n) is 10.2. The second-order valence-electron chi connectivity index (χ2n) is 16.5. The van der Waals surface area contributed by atoms with Crippen LogP contribution in [-0.4, -0.2) is 4.57 Å². The molecule has 10 aromatic carbocycles. The summed E-state index contributed by atoms with van der Waals surface area (Å²) >= 11 is 0. The Kier molecular flexibility index (Phi) is 7.31. The van der Waals surface area contributed by atoms with Crippen molar-refractivity contribution in [3.63, 3.8) is 0 Å². The summed E-state index contributed by atoms with van der Waals surface area (Å²) < 4.78 is 2.46. The van der Waals surface area contributed by atoms with Crippen LogP contribution in [-0.2, 0) is 5.41 Å². The summed E-state index contributed by atoms with van der Waals surface area (Å²) in [6.45, 7) is 4.76. The highest BCUT2D eigenvalue weighted by Crippen LogP contribution is 2.54. The molecule has 0 saturated heterocycles. The third kappa shape index (κ3) is 5.00. The third-order valence-electron chi connectivity index (χ3n) is 12.9. The van der Waals surface area contributed by atoms with Crippen molar-refractivity contribution in [2.45, 2.75) is 19.3 Å². The molecule has 1 heterocycles. The van der Waals surface area contributed by atoms with E-state index < -0.39 is 0 Å². The lowest BCUT2D eigenvalue weighted by molar-refractivity contribution is 0.661. The quantitative estimate of drug-likeness (QED) is 0.170. The number of hydrogen-bond acceptors (Lipinski definition) is 1. The molecule has 0 saturated carbocycles. The largest absolute Gasteiger partial charge is 0.308 e. The van der Waals surface area contributed by atoms with Crippen molar-refractivity contribution in [1.82, 2.24) is 4.57 Å². The molecule has 0 atom stereocenters. The van der Waals surface area contributed by atoms with Gasteiger partial charge in [0.15, 0.2) is 0 Å². The SMILES string of the molecule is CC1(C)c2ccc(N(c3ccc4ccccc4c3-c3cccc4ccccc34)c3cccc4c5ccccc5n(-c5ccccc5)c34)cc2-c2cc3ccccc3cc21. The second-order valence-corrected chi connectivity index (χ2v) is 16.5. The van der Waals surface area contributed by atoms with E-state index in [4.69, 9.17) is 0 Å². The van der Waals surface area contributed by atoms with Gasteiger partial charge in [0, 0.05) is 33.1 Å². The molecule has 0 fully saturated rings. The van der Waals surface area contributed by atoms with Gasteiger partial charge in [0.2, 0.25) is 0 Å². The molecule has 11 aromatic rings. The first-order valence-electron chi connectivity index (χ1n) is 20.6. The van der Waals surface area contributed by atoms with Gasteiger partial charge in [-0.15, -0.1) is 0 Å². The summed E-state index contributed by atoms with van der Waals surface area (Å²) in [5, 5.41) is 9.91. The smallest absolute Gasteiger partial charge is 0.0782 e. The Morgan fingerprint density at radius 3 is 1.81 bits per heavy atom. The molecule has 1 aliphatic carbocycles. The molecular formula is C57H40N2. The fraction of sp³-hybridized carbons (Fsp3) is 0.0526. The third-order valence-corrected chi connectivity index (χ3v) is 12.9. The molecule has 1 aliphatic rings. The number of hydrogen-bond donors (Lipinski definition) is 0. The van der Waals surface area contributed by atoms with Crippen molar-refractivity contribution in [2.24, 2.45) is 0 Å². The Labute approximate surface area is 343 Å². The number of para-hydroxylation sites is 3. The van der Waals surface area contributed by atoms with Crippen LogP contribution in [0.3, 0.4) is 0 Å². The van der Waals surface area contributed by atoms with Gasteiger partial charge in [-0.1, -0.05) is 166 Å². The summed E-state index contributed by atoms with van der Waals surface area (Å²) in [7, 11) is 0. The van der Waals surface area contributed by atoms with E-state index in [1.54, 1.807) is 0 Å². The van der Waals surface area contributed by atoms with Crippen LogP contribution >= 0.6 is 0 Å². The van der Waals surface area contributed by atoms with Gasteiger partial charge >= 0.3 is 0 Å². The summed E-state index contributed by atoms with van der Waals surface area (Å²) in [5.74, 6) is 0. The molecule has 59 heavy (non-hydrogen) atoms. The van der Waals surface area contributed by atoms with Gasteiger partial charge in [0.1, 0.15) is 0 Å². The lowest BCUT2D eigenvalue weighted by atomic mass is 9.82. The average molecular weight is 753 g/mol. The predicted octanol–water partition coefficient (Wildman–Crippen LogP) is 15.7. The van der Waals surface area contributed by atoms with Crippen molar-refractivity contribution >= 4 is 71.2 Å². The molecule has 278 valence electrons. The van der Waals surface area contributed by atoms with Gasteiger partial charge in [0.25, 0.3) is 0 Å². The second kappa shape index (κ2) is 12.8. The van der Waals surface area contributed by atoms with E-state index in [0.717, 1.165) is 22.7 Å². The molecule has 0 bridgehead atoms. The van der Waals surface area contributed by atoms with Crippen LogP contribution in [0.15, 0.2) is 206 Å². The van der Waals surface area contributed by atoms with Crippen molar-refractivity contribution in [2.75, 3.05) is 4.90 Å². The van der Waals surface area contributed by atoms with E-state index >= 15 is 0 Å². The molecule has 0 spiro atoms. The highest BCUT2D eigenvalue weighted by atomic mass is 15.2. The predicted molar refractivity (Wildman–Crippen MR) is 251 cm³/mol. The van der Waals surface area contributed by atoms with E-state index in [1.165, 1.54) is 87.5 Å². The summed E-state index contributed by atoms with van der Waals surface area (Å²) in [4.78, 5) is 2.55. The lowest BCUT2D eigenvalue weighted by Crippen LogP contribution is -2.16. The fourth-order valence-corrected chi connectivity index (χ4v) is 10.2. The molecule has 0 N–H and O–H groups in total. The van der Waals surface area contributed by atoms with Crippen molar-refractivity contribution in [3.05, 3.63) is 217 Å². The Morgan fingerprint density at radius 1 is 0.390 bits per heavy atom. The molecule has 1 aromatic heterocycles. The number of nitrogens with zero attached hydrogens (tertiary/aromatic N) is 2. The standard InChI is InChI=1S/C57H40N2/c1-57(2)50-32-31-42(36-49(50)48-34-39-18-6-7-19-40(39)35-51(48)57)58(54-29-15-27-47-45-25-12-13-28-52(45)59(56(47)54)41-21-4-3-5-22-41)53-33-30-38-17-9-11-24-44(38)55(53)46-26-14-20-37-16-8-10-23-43(37)46/h3-36H,1-2H3. The van der Waals surface area contributed by atoms with Crippen LogP contribution in [0.5, 0.6) is 0 Å². The minimum absolute atomic E-state index is 0.144. The minimum Gasteiger partial charge on any atom is -0.308 e. The Balaban J connectivity index is 1.23. The first kappa shape index (κ1) is 33.7. The van der Waals surface area contributed by atoms with Gasteiger partial charge in [-0.25, -0.2) is 0 Å². The number of rotatable bonds is 5. The maximum atomic E-state index is 2.55. The molecular weight excluding hydrogens is 713 g/mol. The highest BCUT2D eigenvalue weighted by Gasteiger charge is 2.37. The van der Waals surface area contributed by atoms with E-state index in [1.807, 2.05) is 0 Å². The van der Waals surface area contributed by atoms with E-state index in [2.05, 4.69) is 230 Å². The van der Waals surface area contributed by atoms with Gasteiger partial charge in [0.05, 0.1) is 22.4 Å². The zero-order valence-corrected chi connectivity index (χ0v) is 33.0. The Morgan fingerprint density at radius 2 is 1.00 bits per heavy atom. The lowest BCUT2D eigenvalue weighted by Gasteiger charge is -2.31. The molecule has 2 heteroatoms. The molecule has 12 rings (SSSR count). The molecule has 0 unspecified atom stereocenters. The number of fused-ring (bicyclic) bond motifs is 9. The first-order chi connectivity index (χ1) is 29.0. The van der Waals surface area contributed by atoms with Crippen molar-refractivity contribution in [3.8, 4) is 27.9 Å². The zero-order valence-electron chi connectivity index (χ0n) is 33.0. The Hall–Kier alpha value is -7.42. The Bertz CT molecular complexity index is 3470. The van der Waals surface area contributed by atoms with Gasteiger partial charge in [-0.2, -0.15) is 0 Å². The number of anilines is 3. The highest BCUT2D eigenvalue weighted by molar-refractivity contribution is 6.17. The van der Waals surface area contributed by atoms with Crippen LogP contribution in [0.25, 0.3) is 82.1 Å². The average Bonchev–Trinajstić information content (AvgIpc) is 3.74.